The Morgan fingerprint density at radius 1 is 1.33 bits per heavy atom. The first-order valence-corrected chi connectivity index (χ1v) is 5.68. The number of para-hydroxylation sites is 2. The molecule has 0 saturated heterocycles. The van der Waals surface area contributed by atoms with Crippen molar-refractivity contribution in [2.24, 2.45) is 0 Å². The van der Waals surface area contributed by atoms with Crippen LogP contribution in [0.5, 0.6) is 0 Å². The smallest absolute Gasteiger partial charge is 0.295 e. The van der Waals surface area contributed by atoms with Crippen LogP contribution in [0, 0.1) is 0 Å². The SMILES string of the molecule is Nc1cn(CCNc2nc3ccccc3o2)cn1. The van der Waals surface area contributed by atoms with Gasteiger partial charge >= 0.3 is 0 Å². The number of benzene rings is 1. The van der Waals surface area contributed by atoms with Crippen molar-refractivity contribution >= 4 is 22.9 Å². The number of hydrogen-bond acceptors (Lipinski definition) is 5. The molecule has 0 unspecified atom stereocenters. The molecule has 0 radical (unpaired) electrons. The van der Waals surface area contributed by atoms with Crippen molar-refractivity contribution in [2.45, 2.75) is 6.54 Å². The van der Waals surface area contributed by atoms with E-state index in [9.17, 15) is 0 Å². The minimum Gasteiger partial charge on any atom is -0.424 e. The first-order valence-electron chi connectivity index (χ1n) is 5.68. The van der Waals surface area contributed by atoms with Gasteiger partial charge in [0.1, 0.15) is 11.3 Å². The van der Waals surface area contributed by atoms with E-state index in [-0.39, 0.29) is 0 Å². The van der Waals surface area contributed by atoms with Gasteiger partial charge in [-0.25, -0.2) is 4.98 Å². The normalized spacial score (nSPS) is 10.9. The van der Waals surface area contributed by atoms with Gasteiger partial charge in [-0.15, -0.1) is 0 Å². The molecule has 0 aliphatic rings. The lowest BCUT2D eigenvalue weighted by Gasteiger charge is -2.01. The standard InChI is InChI=1S/C12H13N5O/c13-11-7-17(8-15-11)6-5-14-12-16-9-3-1-2-4-10(9)18-12/h1-4,7-8H,5-6,13H2,(H,14,16). The van der Waals surface area contributed by atoms with Gasteiger partial charge in [0.15, 0.2) is 5.58 Å². The van der Waals surface area contributed by atoms with Gasteiger partial charge in [-0.1, -0.05) is 12.1 Å². The zero-order valence-electron chi connectivity index (χ0n) is 9.71. The molecule has 0 atom stereocenters. The highest BCUT2D eigenvalue weighted by molar-refractivity contribution is 5.74. The molecule has 92 valence electrons. The fourth-order valence-corrected chi connectivity index (χ4v) is 1.74. The summed E-state index contributed by atoms with van der Waals surface area (Å²) in [7, 11) is 0. The Hall–Kier alpha value is -2.50. The summed E-state index contributed by atoms with van der Waals surface area (Å²) in [6.07, 6.45) is 3.48. The number of imidazole rings is 1. The van der Waals surface area contributed by atoms with E-state index in [4.69, 9.17) is 10.2 Å². The summed E-state index contributed by atoms with van der Waals surface area (Å²) in [5.41, 5.74) is 7.17. The molecule has 0 aliphatic carbocycles. The summed E-state index contributed by atoms with van der Waals surface area (Å²) < 4.78 is 7.45. The molecule has 0 spiro atoms. The van der Waals surface area contributed by atoms with E-state index in [1.54, 1.807) is 12.5 Å². The molecule has 2 aromatic heterocycles. The molecular formula is C12H13N5O. The summed E-state index contributed by atoms with van der Waals surface area (Å²) in [5, 5.41) is 3.12. The van der Waals surface area contributed by atoms with Crippen LogP contribution in [-0.2, 0) is 6.54 Å². The lowest BCUT2D eigenvalue weighted by atomic mass is 10.3. The third-order valence-electron chi connectivity index (χ3n) is 2.59. The molecule has 0 fully saturated rings. The summed E-state index contributed by atoms with van der Waals surface area (Å²) in [6, 6.07) is 8.20. The van der Waals surface area contributed by atoms with Crippen LogP contribution in [0.2, 0.25) is 0 Å². The Balaban J connectivity index is 1.62. The monoisotopic (exact) mass is 243 g/mol. The number of nitrogens with zero attached hydrogens (tertiary/aromatic N) is 3. The Morgan fingerprint density at radius 2 is 2.22 bits per heavy atom. The molecule has 0 aliphatic heterocycles. The number of oxazole rings is 1. The van der Waals surface area contributed by atoms with Crippen molar-refractivity contribution in [1.82, 2.24) is 14.5 Å². The Labute approximate surface area is 103 Å². The van der Waals surface area contributed by atoms with Gasteiger partial charge in [0, 0.05) is 19.3 Å². The summed E-state index contributed by atoms with van der Waals surface area (Å²) in [4.78, 5) is 8.27. The lowest BCUT2D eigenvalue weighted by Crippen LogP contribution is -2.09. The lowest BCUT2D eigenvalue weighted by molar-refractivity contribution is 0.606. The van der Waals surface area contributed by atoms with Gasteiger partial charge in [-0.2, -0.15) is 4.98 Å². The van der Waals surface area contributed by atoms with Crippen LogP contribution in [0.4, 0.5) is 11.8 Å². The number of nitrogen functional groups attached to an aromatic ring is 1. The number of anilines is 2. The molecule has 3 N–H and O–H groups in total. The third kappa shape index (κ3) is 2.13. The van der Waals surface area contributed by atoms with Crippen molar-refractivity contribution in [3.63, 3.8) is 0 Å². The molecule has 6 nitrogen and oxygen atoms in total. The molecule has 18 heavy (non-hydrogen) atoms. The first kappa shape index (κ1) is 10.6. The topological polar surface area (TPSA) is 81.9 Å². The van der Waals surface area contributed by atoms with Gasteiger partial charge in [0.25, 0.3) is 6.01 Å². The fourth-order valence-electron chi connectivity index (χ4n) is 1.74. The number of nitrogens with one attached hydrogen (secondary N) is 1. The number of nitrogens with two attached hydrogens (primary N) is 1. The predicted octanol–water partition coefficient (Wildman–Crippen LogP) is 1.72. The molecule has 2 heterocycles. The second-order valence-electron chi connectivity index (χ2n) is 3.95. The fraction of sp³-hybridized carbons (Fsp3) is 0.167. The molecule has 0 amide bonds. The average molecular weight is 243 g/mol. The second kappa shape index (κ2) is 4.40. The molecule has 1 aromatic carbocycles. The highest BCUT2D eigenvalue weighted by Gasteiger charge is 2.03. The molecule has 0 bridgehead atoms. The van der Waals surface area contributed by atoms with E-state index in [2.05, 4.69) is 15.3 Å². The van der Waals surface area contributed by atoms with E-state index in [0.29, 0.717) is 18.4 Å². The summed E-state index contributed by atoms with van der Waals surface area (Å²) in [5.74, 6) is 0.525. The highest BCUT2D eigenvalue weighted by Crippen LogP contribution is 2.17. The predicted molar refractivity (Wildman–Crippen MR) is 69.1 cm³/mol. The number of hydrogen-bond donors (Lipinski definition) is 2. The number of fused-ring (bicyclic) bond motifs is 1. The van der Waals surface area contributed by atoms with Crippen LogP contribution in [0.15, 0.2) is 41.2 Å². The average Bonchev–Trinajstić information content (AvgIpc) is 2.95. The van der Waals surface area contributed by atoms with Crippen LogP contribution < -0.4 is 11.1 Å². The van der Waals surface area contributed by atoms with Crippen LogP contribution >= 0.6 is 0 Å². The van der Waals surface area contributed by atoms with Gasteiger partial charge in [0.05, 0.1) is 6.33 Å². The van der Waals surface area contributed by atoms with E-state index >= 15 is 0 Å². The maximum absolute atomic E-state index is 5.54. The zero-order valence-corrected chi connectivity index (χ0v) is 9.71. The molecule has 6 heteroatoms. The van der Waals surface area contributed by atoms with Gasteiger partial charge in [-0.05, 0) is 12.1 Å². The third-order valence-corrected chi connectivity index (χ3v) is 2.59. The van der Waals surface area contributed by atoms with Crippen molar-refractivity contribution < 1.29 is 4.42 Å². The maximum Gasteiger partial charge on any atom is 0.295 e. The Bertz CT molecular complexity index is 624. The van der Waals surface area contributed by atoms with Gasteiger partial charge < -0.3 is 20.0 Å². The van der Waals surface area contributed by atoms with Gasteiger partial charge in [-0.3, -0.25) is 0 Å². The first-order chi connectivity index (χ1) is 8.81. The van der Waals surface area contributed by atoms with Crippen LogP contribution in [0.1, 0.15) is 0 Å². The Kier molecular flexibility index (Phi) is 2.60. The summed E-state index contributed by atoms with van der Waals surface area (Å²) in [6.45, 7) is 1.45. The Morgan fingerprint density at radius 3 is 3.00 bits per heavy atom. The van der Waals surface area contributed by atoms with Crippen molar-refractivity contribution in [1.29, 1.82) is 0 Å². The molecule has 3 rings (SSSR count). The molecule has 0 saturated carbocycles. The van der Waals surface area contributed by atoms with E-state index in [1.807, 2.05) is 28.8 Å². The van der Waals surface area contributed by atoms with E-state index in [0.717, 1.165) is 17.6 Å². The molecular weight excluding hydrogens is 230 g/mol. The van der Waals surface area contributed by atoms with Crippen molar-refractivity contribution in [3.8, 4) is 0 Å². The zero-order chi connectivity index (χ0) is 12.4. The maximum atomic E-state index is 5.54. The van der Waals surface area contributed by atoms with Crippen molar-refractivity contribution in [2.75, 3.05) is 17.6 Å². The van der Waals surface area contributed by atoms with Crippen LogP contribution in [0.3, 0.4) is 0 Å². The second-order valence-corrected chi connectivity index (χ2v) is 3.95. The quantitative estimate of drug-likeness (QED) is 0.729. The number of aromatic nitrogens is 3. The van der Waals surface area contributed by atoms with E-state index in [1.165, 1.54) is 0 Å². The largest absolute Gasteiger partial charge is 0.424 e. The van der Waals surface area contributed by atoms with E-state index < -0.39 is 0 Å². The van der Waals surface area contributed by atoms with Gasteiger partial charge in [0.2, 0.25) is 0 Å². The summed E-state index contributed by atoms with van der Waals surface area (Å²) >= 11 is 0. The highest BCUT2D eigenvalue weighted by atomic mass is 16.4. The van der Waals surface area contributed by atoms with Crippen LogP contribution in [0.25, 0.3) is 11.1 Å². The molecule has 3 aromatic rings. The number of rotatable bonds is 4. The minimum atomic E-state index is 0.525. The van der Waals surface area contributed by atoms with Crippen molar-refractivity contribution in [3.05, 3.63) is 36.8 Å². The minimum absolute atomic E-state index is 0.525. The van der Waals surface area contributed by atoms with Crippen LogP contribution in [-0.4, -0.2) is 21.1 Å².